The maximum atomic E-state index is 12.6. The van der Waals surface area contributed by atoms with Gasteiger partial charge < -0.3 is 9.84 Å². The predicted molar refractivity (Wildman–Crippen MR) is 72.0 cm³/mol. The van der Waals surface area contributed by atoms with Crippen LogP contribution < -0.4 is 0 Å². The second kappa shape index (κ2) is 4.70. The fraction of sp³-hybridized carbons (Fsp3) is 0.500. The highest BCUT2D eigenvalue weighted by Gasteiger charge is 2.63. The summed E-state index contributed by atoms with van der Waals surface area (Å²) in [5.41, 5.74) is -0.175. The van der Waals surface area contributed by atoms with Crippen LogP contribution in [0.25, 0.3) is 0 Å². The Labute approximate surface area is 117 Å². The molecule has 0 heterocycles. The van der Waals surface area contributed by atoms with E-state index < -0.39 is 23.4 Å². The zero-order valence-corrected chi connectivity index (χ0v) is 11.4. The Kier molecular flexibility index (Phi) is 3.13. The van der Waals surface area contributed by atoms with Crippen molar-refractivity contribution in [2.24, 2.45) is 11.3 Å². The number of methoxy groups -OCH3 is 1. The molecule has 2 aliphatic carbocycles. The van der Waals surface area contributed by atoms with Gasteiger partial charge in [0.15, 0.2) is 5.78 Å². The van der Waals surface area contributed by atoms with Gasteiger partial charge in [-0.3, -0.25) is 9.59 Å². The lowest BCUT2D eigenvalue weighted by molar-refractivity contribution is -0.162. The average molecular weight is 274 g/mol. The molecule has 2 bridgehead atoms. The third-order valence-corrected chi connectivity index (χ3v) is 4.91. The SMILES string of the molecule is COC(=O)[C@@]12CC[C@H](C1=O)[C@H](O)C[C@H]2c1ccccc1. The van der Waals surface area contributed by atoms with Crippen LogP contribution in [-0.4, -0.2) is 30.1 Å². The van der Waals surface area contributed by atoms with Crippen LogP contribution in [0.5, 0.6) is 0 Å². The minimum atomic E-state index is -1.10. The average Bonchev–Trinajstić information content (AvgIpc) is 2.73. The fourth-order valence-electron chi connectivity index (χ4n) is 3.92. The van der Waals surface area contributed by atoms with Gasteiger partial charge >= 0.3 is 5.97 Å². The molecule has 4 nitrogen and oxygen atoms in total. The molecule has 2 fully saturated rings. The summed E-state index contributed by atoms with van der Waals surface area (Å²) in [6, 6.07) is 9.49. The van der Waals surface area contributed by atoms with Crippen molar-refractivity contribution in [1.82, 2.24) is 0 Å². The number of hydrogen-bond donors (Lipinski definition) is 1. The van der Waals surface area contributed by atoms with Crippen molar-refractivity contribution in [3.63, 3.8) is 0 Å². The van der Waals surface area contributed by atoms with Crippen LogP contribution in [0.4, 0.5) is 0 Å². The van der Waals surface area contributed by atoms with Crippen LogP contribution in [-0.2, 0) is 14.3 Å². The molecule has 0 unspecified atom stereocenters. The number of ether oxygens (including phenoxy) is 1. The van der Waals surface area contributed by atoms with Gasteiger partial charge in [0.1, 0.15) is 5.41 Å². The standard InChI is InChI=1S/C16H18O4/c1-20-15(19)16-8-7-11(14(16)18)13(17)9-12(16)10-5-3-2-4-6-10/h2-6,11-13,17H,7-9H2,1H3/t11-,12-,13+,16+/m0/s1. The number of aliphatic hydroxyl groups excluding tert-OH is 1. The molecule has 4 heteroatoms. The molecule has 2 saturated carbocycles. The van der Waals surface area contributed by atoms with Crippen LogP contribution in [0.2, 0.25) is 0 Å². The van der Waals surface area contributed by atoms with E-state index in [9.17, 15) is 14.7 Å². The molecule has 4 atom stereocenters. The molecular formula is C16H18O4. The summed E-state index contributed by atoms with van der Waals surface area (Å²) in [5.74, 6) is -1.30. The maximum Gasteiger partial charge on any atom is 0.319 e. The molecule has 0 spiro atoms. The molecule has 0 radical (unpaired) electrons. The minimum absolute atomic E-state index is 0.142. The zero-order chi connectivity index (χ0) is 14.3. The number of carbonyl (C=O) groups excluding carboxylic acids is 2. The largest absolute Gasteiger partial charge is 0.468 e. The lowest BCUT2D eigenvalue weighted by Crippen LogP contribution is -2.50. The van der Waals surface area contributed by atoms with Crippen molar-refractivity contribution in [3.05, 3.63) is 35.9 Å². The Hall–Kier alpha value is -1.68. The zero-order valence-electron chi connectivity index (χ0n) is 11.4. The van der Waals surface area contributed by atoms with Crippen LogP contribution in [0, 0.1) is 11.3 Å². The van der Waals surface area contributed by atoms with E-state index in [1.165, 1.54) is 7.11 Å². The number of Topliss-reactive ketones (excluding diaryl/α,β-unsaturated/α-hetero) is 1. The van der Waals surface area contributed by atoms with Crippen LogP contribution in [0.3, 0.4) is 0 Å². The first-order valence-electron chi connectivity index (χ1n) is 6.97. The first-order valence-corrected chi connectivity index (χ1v) is 6.97. The second-order valence-corrected chi connectivity index (χ2v) is 5.74. The van der Waals surface area contributed by atoms with Crippen LogP contribution in [0.15, 0.2) is 30.3 Å². The molecular weight excluding hydrogens is 256 g/mol. The Balaban J connectivity index is 2.11. The van der Waals surface area contributed by atoms with E-state index in [0.29, 0.717) is 19.3 Å². The Morgan fingerprint density at radius 3 is 2.70 bits per heavy atom. The summed E-state index contributed by atoms with van der Waals surface area (Å²) in [6.45, 7) is 0. The number of rotatable bonds is 2. The van der Waals surface area contributed by atoms with E-state index in [1.54, 1.807) is 0 Å². The molecule has 3 rings (SSSR count). The molecule has 0 aromatic heterocycles. The first-order chi connectivity index (χ1) is 9.61. The maximum absolute atomic E-state index is 12.6. The monoisotopic (exact) mass is 274 g/mol. The van der Waals surface area contributed by atoms with Gasteiger partial charge in [-0.05, 0) is 24.8 Å². The Bertz CT molecular complexity index is 539. The van der Waals surface area contributed by atoms with Gasteiger partial charge in [0.2, 0.25) is 0 Å². The van der Waals surface area contributed by atoms with E-state index >= 15 is 0 Å². The molecule has 2 aliphatic rings. The van der Waals surface area contributed by atoms with Crippen molar-refractivity contribution >= 4 is 11.8 Å². The normalized spacial score (nSPS) is 35.9. The van der Waals surface area contributed by atoms with Gasteiger partial charge in [0.25, 0.3) is 0 Å². The third-order valence-electron chi connectivity index (χ3n) is 4.91. The van der Waals surface area contributed by atoms with E-state index in [4.69, 9.17) is 4.74 Å². The summed E-state index contributed by atoms with van der Waals surface area (Å²) < 4.78 is 4.93. The topological polar surface area (TPSA) is 63.6 Å². The third kappa shape index (κ3) is 1.64. The summed E-state index contributed by atoms with van der Waals surface area (Å²) >= 11 is 0. The smallest absolute Gasteiger partial charge is 0.319 e. The van der Waals surface area contributed by atoms with Gasteiger partial charge in [0, 0.05) is 11.8 Å². The summed E-state index contributed by atoms with van der Waals surface area (Å²) in [4.78, 5) is 25.0. The van der Waals surface area contributed by atoms with E-state index in [1.807, 2.05) is 30.3 Å². The molecule has 0 amide bonds. The summed E-state index contributed by atoms with van der Waals surface area (Å²) in [7, 11) is 1.32. The second-order valence-electron chi connectivity index (χ2n) is 5.74. The quantitative estimate of drug-likeness (QED) is 0.658. The highest BCUT2D eigenvalue weighted by atomic mass is 16.5. The number of aliphatic hydroxyl groups is 1. The van der Waals surface area contributed by atoms with Crippen molar-refractivity contribution in [2.45, 2.75) is 31.3 Å². The molecule has 1 aromatic carbocycles. The number of esters is 1. The van der Waals surface area contributed by atoms with E-state index in [-0.39, 0.29) is 11.7 Å². The molecule has 0 saturated heterocycles. The van der Waals surface area contributed by atoms with Gasteiger partial charge in [-0.25, -0.2) is 0 Å². The summed E-state index contributed by atoms with van der Waals surface area (Å²) in [5, 5.41) is 10.2. The Morgan fingerprint density at radius 1 is 1.35 bits per heavy atom. The van der Waals surface area contributed by atoms with Gasteiger partial charge in [-0.15, -0.1) is 0 Å². The van der Waals surface area contributed by atoms with Crippen molar-refractivity contribution < 1.29 is 19.4 Å². The van der Waals surface area contributed by atoms with Crippen molar-refractivity contribution in [3.8, 4) is 0 Å². The molecule has 0 aliphatic heterocycles. The number of ketones is 1. The van der Waals surface area contributed by atoms with Gasteiger partial charge in [-0.2, -0.15) is 0 Å². The van der Waals surface area contributed by atoms with Crippen LogP contribution >= 0.6 is 0 Å². The van der Waals surface area contributed by atoms with Crippen LogP contribution in [0.1, 0.15) is 30.7 Å². The molecule has 1 aromatic rings. The van der Waals surface area contributed by atoms with Crippen molar-refractivity contribution in [1.29, 1.82) is 0 Å². The highest BCUT2D eigenvalue weighted by Crippen LogP contribution is 2.56. The molecule has 20 heavy (non-hydrogen) atoms. The highest BCUT2D eigenvalue weighted by molar-refractivity contribution is 6.08. The van der Waals surface area contributed by atoms with Crippen molar-refractivity contribution in [2.75, 3.05) is 7.11 Å². The number of benzene rings is 1. The Morgan fingerprint density at radius 2 is 2.05 bits per heavy atom. The lowest BCUT2D eigenvalue weighted by atomic mass is 9.63. The molecule has 1 N–H and O–H groups in total. The summed E-state index contributed by atoms with van der Waals surface area (Å²) in [6.07, 6.45) is 0.821. The first kappa shape index (κ1) is 13.3. The van der Waals surface area contributed by atoms with E-state index in [0.717, 1.165) is 5.56 Å². The fourth-order valence-corrected chi connectivity index (χ4v) is 3.92. The van der Waals surface area contributed by atoms with E-state index in [2.05, 4.69) is 0 Å². The lowest BCUT2D eigenvalue weighted by Gasteiger charge is -2.39. The minimum Gasteiger partial charge on any atom is -0.468 e. The number of hydrogen-bond acceptors (Lipinski definition) is 4. The number of fused-ring (bicyclic) bond motifs is 2. The van der Waals surface area contributed by atoms with Gasteiger partial charge in [0.05, 0.1) is 13.2 Å². The van der Waals surface area contributed by atoms with Gasteiger partial charge in [-0.1, -0.05) is 30.3 Å². The number of carbonyl (C=O) groups is 2. The predicted octanol–water partition coefficient (Wildman–Crippen LogP) is 1.67. The molecule has 106 valence electrons.